The molecule has 6 N–H and O–H groups in total. The average molecular weight is 239 g/mol. The first kappa shape index (κ1) is 13.2. The van der Waals surface area contributed by atoms with Gasteiger partial charge < -0.3 is 21.9 Å². The summed E-state index contributed by atoms with van der Waals surface area (Å²) in [4.78, 5) is 18.9. The van der Waals surface area contributed by atoms with Crippen LogP contribution < -0.4 is 16.8 Å². The lowest BCUT2D eigenvalue weighted by molar-refractivity contribution is -0.125. The molecular weight excluding hydrogens is 222 g/mol. The van der Waals surface area contributed by atoms with Crippen LogP contribution in [0.5, 0.6) is 0 Å². The van der Waals surface area contributed by atoms with Crippen molar-refractivity contribution in [3.05, 3.63) is 11.9 Å². The van der Waals surface area contributed by atoms with Gasteiger partial charge in [0, 0.05) is 12.0 Å². The fourth-order valence-corrected chi connectivity index (χ4v) is 1.14. The number of nitrogen functional groups attached to an aromatic ring is 1. The van der Waals surface area contributed by atoms with Crippen molar-refractivity contribution in [2.24, 2.45) is 5.73 Å². The highest BCUT2D eigenvalue weighted by Gasteiger charge is 2.11. The highest BCUT2D eigenvalue weighted by Crippen LogP contribution is 2.14. The monoisotopic (exact) mass is 239 g/mol. The van der Waals surface area contributed by atoms with Gasteiger partial charge in [0.05, 0.1) is 6.54 Å². The van der Waals surface area contributed by atoms with Crippen LogP contribution in [-0.2, 0) is 4.79 Å². The van der Waals surface area contributed by atoms with Crippen LogP contribution in [0.2, 0.25) is 0 Å². The molecule has 0 aliphatic rings. The van der Waals surface area contributed by atoms with Crippen molar-refractivity contribution < 1.29 is 9.90 Å². The second-order valence-corrected chi connectivity index (χ2v) is 3.99. The summed E-state index contributed by atoms with van der Waals surface area (Å²) in [6.07, 6.45) is -1.26. The molecule has 1 atom stereocenters. The Morgan fingerprint density at radius 2 is 2.18 bits per heavy atom. The molecule has 0 aliphatic heterocycles. The van der Waals surface area contributed by atoms with Crippen molar-refractivity contribution in [3.63, 3.8) is 0 Å². The van der Waals surface area contributed by atoms with E-state index in [4.69, 9.17) is 11.5 Å². The molecule has 1 aromatic rings. The number of anilines is 2. The minimum atomic E-state index is -1.26. The topological polar surface area (TPSA) is 127 Å². The van der Waals surface area contributed by atoms with Crippen LogP contribution >= 0.6 is 0 Å². The first-order valence-corrected chi connectivity index (χ1v) is 5.26. The molecule has 1 amide bonds. The Morgan fingerprint density at radius 1 is 1.53 bits per heavy atom. The Morgan fingerprint density at radius 3 is 2.71 bits per heavy atom. The van der Waals surface area contributed by atoms with Gasteiger partial charge in [-0.15, -0.1) is 0 Å². The van der Waals surface area contributed by atoms with Crippen molar-refractivity contribution in [2.45, 2.75) is 25.9 Å². The zero-order valence-electron chi connectivity index (χ0n) is 9.84. The maximum atomic E-state index is 10.6. The zero-order chi connectivity index (χ0) is 13.0. The summed E-state index contributed by atoms with van der Waals surface area (Å²) >= 11 is 0. The highest BCUT2D eigenvalue weighted by molar-refractivity contribution is 5.79. The number of hydrogen-bond acceptors (Lipinski definition) is 6. The molecule has 0 saturated carbocycles. The van der Waals surface area contributed by atoms with Gasteiger partial charge in [-0.05, 0) is 0 Å². The molecule has 0 bridgehead atoms. The molecule has 1 unspecified atom stereocenters. The summed E-state index contributed by atoms with van der Waals surface area (Å²) in [7, 11) is 0. The molecule has 0 spiro atoms. The minimum absolute atomic E-state index is 0.0106. The third kappa shape index (κ3) is 3.87. The van der Waals surface area contributed by atoms with Crippen LogP contribution in [0, 0.1) is 0 Å². The van der Waals surface area contributed by atoms with E-state index in [2.05, 4.69) is 15.3 Å². The minimum Gasteiger partial charge on any atom is -0.384 e. The lowest BCUT2D eigenvalue weighted by atomic mass is 10.2. The molecule has 0 aromatic carbocycles. The van der Waals surface area contributed by atoms with E-state index in [1.807, 2.05) is 13.8 Å². The molecular formula is C10H17N5O2. The normalized spacial score (nSPS) is 12.5. The first-order chi connectivity index (χ1) is 7.90. The number of primary amides is 1. The van der Waals surface area contributed by atoms with Crippen molar-refractivity contribution in [2.75, 3.05) is 17.6 Å². The van der Waals surface area contributed by atoms with Gasteiger partial charge in [0.1, 0.15) is 23.6 Å². The molecule has 0 saturated heterocycles. The van der Waals surface area contributed by atoms with Crippen LogP contribution in [0.3, 0.4) is 0 Å². The van der Waals surface area contributed by atoms with Gasteiger partial charge in [-0.25, -0.2) is 9.97 Å². The molecule has 0 radical (unpaired) electrons. The number of hydrogen-bond donors (Lipinski definition) is 4. The van der Waals surface area contributed by atoms with Crippen LogP contribution in [-0.4, -0.2) is 33.6 Å². The van der Waals surface area contributed by atoms with E-state index < -0.39 is 12.0 Å². The van der Waals surface area contributed by atoms with Crippen LogP contribution in [0.25, 0.3) is 0 Å². The lowest BCUT2D eigenvalue weighted by Crippen LogP contribution is -2.34. The molecule has 7 nitrogen and oxygen atoms in total. The molecule has 94 valence electrons. The number of nitrogens with zero attached hydrogens (tertiary/aromatic N) is 2. The molecule has 1 rings (SSSR count). The zero-order valence-corrected chi connectivity index (χ0v) is 9.84. The number of aliphatic hydroxyl groups excluding tert-OH is 1. The van der Waals surface area contributed by atoms with Gasteiger partial charge in [0.15, 0.2) is 0 Å². The summed E-state index contributed by atoms with van der Waals surface area (Å²) in [5, 5.41) is 12.0. The molecule has 1 heterocycles. The first-order valence-electron chi connectivity index (χ1n) is 5.26. The smallest absolute Gasteiger partial charge is 0.248 e. The Labute approximate surface area is 99.2 Å². The number of amides is 1. The number of aliphatic hydroxyl groups is 1. The van der Waals surface area contributed by atoms with Gasteiger partial charge in [-0.2, -0.15) is 0 Å². The van der Waals surface area contributed by atoms with Gasteiger partial charge >= 0.3 is 0 Å². The van der Waals surface area contributed by atoms with Crippen LogP contribution in [0.1, 0.15) is 25.6 Å². The van der Waals surface area contributed by atoms with E-state index in [0.717, 1.165) is 0 Å². The Bertz CT molecular complexity index is 408. The van der Waals surface area contributed by atoms with Crippen molar-refractivity contribution in [1.29, 1.82) is 0 Å². The number of aromatic nitrogens is 2. The number of nitrogens with one attached hydrogen (secondary N) is 1. The Hall–Kier alpha value is -1.89. The Balaban J connectivity index is 2.74. The van der Waals surface area contributed by atoms with Crippen LogP contribution in [0.15, 0.2) is 6.07 Å². The second kappa shape index (κ2) is 5.44. The van der Waals surface area contributed by atoms with E-state index in [1.165, 1.54) is 6.07 Å². The molecule has 1 aromatic heterocycles. The van der Waals surface area contributed by atoms with E-state index in [-0.39, 0.29) is 12.5 Å². The number of nitrogens with two attached hydrogens (primary N) is 2. The van der Waals surface area contributed by atoms with Crippen molar-refractivity contribution in [3.8, 4) is 0 Å². The summed E-state index contributed by atoms with van der Waals surface area (Å²) in [6.45, 7) is 3.87. The maximum Gasteiger partial charge on any atom is 0.248 e. The number of carbonyl (C=O) groups excluding carboxylic acids is 1. The van der Waals surface area contributed by atoms with E-state index in [9.17, 15) is 9.90 Å². The lowest BCUT2D eigenvalue weighted by Gasteiger charge is -2.11. The fraction of sp³-hybridized carbons (Fsp3) is 0.500. The van der Waals surface area contributed by atoms with Gasteiger partial charge in [-0.3, -0.25) is 4.79 Å². The molecule has 17 heavy (non-hydrogen) atoms. The molecule has 0 aliphatic carbocycles. The third-order valence-electron chi connectivity index (χ3n) is 2.08. The van der Waals surface area contributed by atoms with Gasteiger partial charge in [-0.1, -0.05) is 13.8 Å². The summed E-state index contributed by atoms with van der Waals surface area (Å²) < 4.78 is 0. The Kier molecular flexibility index (Phi) is 4.22. The predicted octanol–water partition coefficient (Wildman–Crippen LogP) is -0.560. The van der Waals surface area contributed by atoms with Crippen molar-refractivity contribution >= 4 is 17.5 Å². The molecule has 0 fully saturated rings. The summed E-state index contributed by atoms with van der Waals surface area (Å²) in [6, 6.07) is 1.53. The molecule has 7 heteroatoms. The van der Waals surface area contributed by atoms with Gasteiger partial charge in [0.25, 0.3) is 0 Å². The standard InChI is InChI=1S/C10H17N5O2/c1-5(2)10-14-7(11)3-8(15-10)13-4-6(16)9(12)17/h3,5-6,16H,4H2,1-2H3,(H2,12,17)(H3,11,13,14,15). The maximum absolute atomic E-state index is 10.6. The number of rotatable bonds is 5. The summed E-state index contributed by atoms with van der Waals surface area (Å²) in [5.74, 6) is 0.742. The largest absolute Gasteiger partial charge is 0.384 e. The third-order valence-corrected chi connectivity index (χ3v) is 2.08. The predicted molar refractivity (Wildman–Crippen MR) is 64.2 cm³/mol. The van der Waals surface area contributed by atoms with Gasteiger partial charge in [0.2, 0.25) is 5.91 Å². The average Bonchev–Trinajstić information content (AvgIpc) is 2.24. The quantitative estimate of drug-likeness (QED) is 0.545. The SMILES string of the molecule is CC(C)c1nc(N)cc(NCC(O)C(N)=O)n1. The van der Waals surface area contributed by atoms with E-state index in [0.29, 0.717) is 17.5 Å². The highest BCUT2D eigenvalue weighted by atomic mass is 16.3. The van der Waals surface area contributed by atoms with E-state index in [1.54, 1.807) is 0 Å². The van der Waals surface area contributed by atoms with Crippen molar-refractivity contribution in [1.82, 2.24) is 9.97 Å². The fourth-order valence-electron chi connectivity index (χ4n) is 1.14. The summed E-state index contributed by atoms with van der Waals surface area (Å²) in [5.41, 5.74) is 10.5. The van der Waals surface area contributed by atoms with E-state index >= 15 is 0 Å². The van der Waals surface area contributed by atoms with Crippen LogP contribution in [0.4, 0.5) is 11.6 Å². The number of carbonyl (C=O) groups is 1. The second-order valence-electron chi connectivity index (χ2n) is 3.99.